The molecule has 1 aromatic rings. The standard InChI is InChI=1S/C11H14FNO4S/c1-2-3-6-18(16,17)13-10-5-4-8(11(14)15)7-9(10)12/h4-5,7,13H,2-3,6H2,1H3,(H,14,15). The van der Waals surface area contributed by atoms with Crippen molar-refractivity contribution in [1.29, 1.82) is 0 Å². The fraction of sp³-hybridized carbons (Fsp3) is 0.364. The molecule has 0 aromatic heterocycles. The van der Waals surface area contributed by atoms with Crippen molar-refractivity contribution in [1.82, 2.24) is 0 Å². The Morgan fingerprint density at radius 1 is 1.44 bits per heavy atom. The minimum Gasteiger partial charge on any atom is -0.478 e. The van der Waals surface area contributed by atoms with E-state index in [0.29, 0.717) is 12.8 Å². The Balaban J connectivity index is 2.89. The summed E-state index contributed by atoms with van der Waals surface area (Å²) in [7, 11) is -3.59. The van der Waals surface area contributed by atoms with Crippen molar-refractivity contribution >= 4 is 21.7 Å². The summed E-state index contributed by atoms with van der Waals surface area (Å²) in [6.45, 7) is 1.84. The average Bonchev–Trinajstić information content (AvgIpc) is 2.29. The van der Waals surface area contributed by atoms with Crippen LogP contribution < -0.4 is 4.72 Å². The summed E-state index contributed by atoms with van der Waals surface area (Å²) in [5, 5.41) is 8.64. The molecule has 0 unspecified atom stereocenters. The number of sulfonamides is 1. The molecule has 2 N–H and O–H groups in total. The highest BCUT2D eigenvalue weighted by Crippen LogP contribution is 2.17. The van der Waals surface area contributed by atoms with Gasteiger partial charge in [-0.2, -0.15) is 0 Å². The quantitative estimate of drug-likeness (QED) is 0.832. The number of carboxylic acid groups (broad SMARTS) is 1. The second-order valence-electron chi connectivity index (χ2n) is 3.77. The van der Waals surface area contributed by atoms with Crippen molar-refractivity contribution in [2.75, 3.05) is 10.5 Å². The first-order valence-electron chi connectivity index (χ1n) is 5.39. The Morgan fingerprint density at radius 2 is 2.11 bits per heavy atom. The van der Waals surface area contributed by atoms with Crippen LogP contribution >= 0.6 is 0 Å². The summed E-state index contributed by atoms with van der Waals surface area (Å²) in [6.07, 6.45) is 1.19. The van der Waals surface area contributed by atoms with Crippen molar-refractivity contribution in [2.45, 2.75) is 19.8 Å². The van der Waals surface area contributed by atoms with Crippen LogP contribution in [0.25, 0.3) is 0 Å². The largest absolute Gasteiger partial charge is 0.478 e. The van der Waals surface area contributed by atoms with E-state index in [0.717, 1.165) is 18.2 Å². The lowest BCUT2D eigenvalue weighted by Crippen LogP contribution is -2.17. The maximum Gasteiger partial charge on any atom is 0.335 e. The first-order chi connectivity index (χ1) is 8.35. The predicted octanol–water partition coefficient (Wildman–Crippen LogP) is 2.07. The highest BCUT2D eigenvalue weighted by Gasteiger charge is 2.14. The zero-order valence-electron chi connectivity index (χ0n) is 9.81. The van der Waals surface area contributed by atoms with Gasteiger partial charge in [0, 0.05) is 0 Å². The normalized spacial score (nSPS) is 11.2. The number of nitrogens with one attached hydrogen (secondary N) is 1. The van der Waals surface area contributed by atoms with Crippen LogP contribution in [-0.4, -0.2) is 25.2 Å². The third-order valence-electron chi connectivity index (χ3n) is 2.25. The fourth-order valence-corrected chi connectivity index (χ4v) is 2.56. The van der Waals surface area contributed by atoms with Gasteiger partial charge in [0.1, 0.15) is 5.82 Å². The molecule has 0 aliphatic heterocycles. The summed E-state index contributed by atoms with van der Waals surface area (Å²) >= 11 is 0. The van der Waals surface area contributed by atoms with E-state index in [4.69, 9.17) is 5.11 Å². The summed E-state index contributed by atoms with van der Waals surface area (Å²) in [5.74, 6) is -2.27. The monoisotopic (exact) mass is 275 g/mol. The minimum atomic E-state index is -3.59. The van der Waals surface area contributed by atoms with Gasteiger partial charge in [0.05, 0.1) is 17.0 Å². The highest BCUT2D eigenvalue weighted by atomic mass is 32.2. The fourth-order valence-electron chi connectivity index (χ4n) is 1.28. The SMILES string of the molecule is CCCCS(=O)(=O)Nc1ccc(C(=O)O)cc1F. The zero-order chi connectivity index (χ0) is 13.8. The Bertz CT molecular complexity index is 542. The van der Waals surface area contributed by atoms with Gasteiger partial charge >= 0.3 is 5.97 Å². The van der Waals surface area contributed by atoms with Gasteiger partial charge in [0.2, 0.25) is 10.0 Å². The van der Waals surface area contributed by atoms with Gasteiger partial charge in [-0.15, -0.1) is 0 Å². The molecule has 0 bridgehead atoms. The van der Waals surface area contributed by atoms with Gasteiger partial charge in [0.25, 0.3) is 0 Å². The number of anilines is 1. The lowest BCUT2D eigenvalue weighted by Gasteiger charge is -2.08. The van der Waals surface area contributed by atoms with E-state index in [1.807, 2.05) is 6.92 Å². The van der Waals surface area contributed by atoms with E-state index in [1.165, 1.54) is 0 Å². The zero-order valence-corrected chi connectivity index (χ0v) is 10.6. The van der Waals surface area contributed by atoms with E-state index < -0.39 is 21.8 Å². The average molecular weight is 275 g/mol. The maximum absolute atomic E-state index is 13.5. The number of rotatable bonds is 6. The van der Waals surface area contributed by atoms with Gasteiger partial charge in [-0.3, -0.25) is 4.72 Å². The molecule has 100 valence electrons. The Labute approximate surface area is 105 Å². The first kappa shape index (κ1) is 14.4. The van der Waals surface area contributed by atoms with Crippen molar-refractivity contribution in [3.8, 4) is 0 Å². The second kappa shape index (κ2) is 5.81. The molecule has 1 rings (SSSR count). The molecule has 18 heavy (non-hydrogen) atoms. The van der Waals surface area contributed by atoms with Crippen LogP contribution in [0.3, 0.4) is 0 Å². The number of benzene rings is 1. The van der Waals surface area contributed by atoms with Crippen molar-refractivity contribution in [3.63, 3.8) is 0 Å². The van der Waals surface area contributed by atoms with E-state index in [-0.39, 0.29) is 17.0 Å². The number of unbranched alkanes of at least 4 members (excludes halogenated alkanes) is 1. The number of aromatic carboxylic acids is 1. The Kier molecular flexibility index (Phi) is 4.66. The predicted molar refractivity (Wildman–Crippen MR) is 65.7 cm³/mol. The summed E-state index contributed by atoms with van der Waals surface area (Å²) < 4.78 is 38.6. The molecule has 0 aliphatic rings. The third-order valence-corrected chi connectivity index (χ3v) is 3.61. The van der Waals surface area contributed by atoms with Crippen LogP contribution in [0.5, 0.6) is 0 Å². The molecule has 0 amide bonds. The van der Waals surface area contributed by atoms with Crippen molar-refractivity contribution in [2.24, 2.45) is 0 Å². The highest BCUT2D eigenvalue weighted by molar-refractivity contribution is 7.92. The number of hydrogen-bond donors (Lipinski definition) is 2. The number of carbonyl (C=O) groups is 1. The lowest BCUT2D eigenvalue weighted by atomic mass is 10.2. The summed E-state index contributed by atoms with van der Waals surface area (Å²) in [4.78, 5) is 10.6. The lowest BCUT2D eigenvalue weighted by molar-refractivity contribution is 0.0696. The van der Waals surface area contributed by atoms with Gasteiger partial charge in [-0.1, -0.05) is 13.3 Å². The molecule has 0 spiro atoms. The summed E-state index contributed by atoms with van der Waals surface area (Å²) in [5.41, 5.74) is -0.472. The van der Waals surface area contributed by atoms with E-state index >= 15 is 0 Å². The first-order valence-corrected chi connectivity index (χ1v) is 7.04. The molecule has 0 heterocycles. The summed E-state index contributed by atoms with van der Waals surface area (Å²) in [6, 6.07) is 3.02. The van der Waals surface area contributed by atoms with Gasteiger partial charge in [-0.05, 0) is 24.6 Å². The molecule has 0 atom stereocenters. The van der Waals surface area contributed by atoms with Crippen LogP contribution in [0.4, 0.5) is 10.1 Å². The van der Waals surface area contributed by atoms with E-state index in [2.05, 4.69) is 4.72 Å². The molecule has 0 fully saturated rings. The molecule has 0 saturated carbocycles. The van der Waals surface area contributed by atoms with Crippen LogP contribution in [-0.2, 0) is 10.0 Å². The Hall–Kier alpha value is -1.63. The maximum atomic E-state index is 13.5. The van der Waals surface area contributed by atoms with Crippen molar-refractivity contribution < 1.29 is 22.7 Å². The van der Waals surface area contributed by atoms with Gasteiger partial charge < -0.3 is 5.11 Å². The number of carboxylic acids is 1. The molecular formula is C11H14FNO4S. The minimum absolute atomic E-state index is 0.0936. The van der Waals surface area contributed by atoms with Crippen LogP contribution in [0, 0.1) is 5.82 Å². The van der Waals surface area contributed by atoms with Gasteiger partial charge in [-0.25, -0.2) is 17.6 Å². The van der Waals surface area contributed by atoms with Gasteiger partial charge in [0.15, 0.2) is 0 Å². The molecular weight excluding hydrogens is 261 g/mol. The Morgan fingerprint density at radius 3 is 2.61 bits per heavy atom. The van der Waals surface area contributed by atoms with Crippen LogP contribution in [0.2, 0.25) is 0 Å². The smallest absolute Gasteiger partial charge is 0.335 e. The third kappa shape index (κ3) is 3.99. The van der Waals surface area contributed by atoms with E-state index in [9.17, 15) is 17.6 Å². The number of hydrogen-bond acceptors (Lipinski definition) is 3. The molecule has 0 radical (unpaired) electrons. The molecule has 5 nitrogen and oxygen atoms in total. The second-order valence-corrected chi connectivity index (χ2v) is 5.62. The molecule has 1 aromatic carbocycles. The molecule has 0 aliphatic carbocycles. The van der Waals surface area contributed by atoms with Crippen LogP contribution in [0.1, 0.15) is 30.1 Å². The molecule has 7 heteroatoms. The molecule has 0 saturated heterocycles. The van der Waals surface area contributed by atoms with E-state index in [1.54, 1.807) is 0 Å². The number of halogens is 1. The topological polar surface area (TPSA) is 83.5 Å². The van der Waals surface area contributed by atoms with Crippen LogP contribution in [0.15, 0.2) is 18.2 Å². The van der Waals surface area contributed by atoms with Crippen molar-refractivity contribution in [3.05, 3.63) is 29.6 Å².